The molecule has 1 rings (SSSR count). The summed E-state index contributed by atoms with van der Waals surface area (Å²) >= 11 is 0. The number of halogens is 3. The highest BCUT2D eigenvalue weighted by Crippen LogP contribution is 2.30. The number of allylic oxidation sites excluding steroid dienone is 1. The van der Waals surface area contributed by atoms with Gasteiger partial charge in [0, 0.05) is 0 Å². The number of carbonyl (C=O) groups is 1. The Balaban J connectivity index is 3.11. The van der Waals surface area contributed by atoms with Crippen LogP contribution in [0.5, 0.6) is 5.88 Å². The maximum Gasteiger partial charge on any atom is 0.433 e. The molecule has 18 heavy (non-hydrogen) atoms. The molecule has 0 amide bonds. The summed E-state index contributed by atoms with van der Waals surface area (Å²) in [5.41, 5.74) is -1.60. The molecule has 1 heterocycles. The van der Waals surface area contributed by atoms with Crippen LogP contribution >= 0.6 is 0 Å². The molecule has 0 aromatic carbocycles. The molecule has 0 bridgehead atoms. The molecular weight excluding hydrogens is 251 g/mol. The second-order valence-electron chi connectivity index (χ2n) is 3.23. The summed E-state index contributed by atoms with van der Waals surface area (Å²) in [6, 6.07) is 1.43. The molecule has 1 N–H and O–H groups in total. The molecule has 0 aliphatic carbocycles. The Bertz CT molecular complexity index is 469. The van der Waals surface area contributed by atoms with E-state index in [0.717, 1.165) is 6.07 Å². The Hall–Kier alpha value is -2.05. The molecule has 0 spiro atoms. The monoisotopic (exact) mass is 261 g/mol. The second-order valence-corrected chi connectivity index (χ2v) is 3.23. The van der Waals surface area contributed by atoms with Crippen molar-refractivity contribution in [2.45, 2.75) is 13.1 Å². The minimum Gasteiger partial charge on any atom is -0.477 e. The van der Waals surface area contributed by atoms with E-state index in [0.29, 0.717) is 6.07 Å². The Labute approximate surface area is 101 Å². The van der Waals surface area contributed by atoms with Gasteiger partial charge in [0.2, 0.25) is 5.88 Å². The number of carboxylic acids is 1. The van der Waals surface area contributed by atoms with Crippen molar-refractivity contribution in [1.82, 2.24) is 4.98 Å². The first-order chi connectivity index (χ1) is 8.36. The van der Waals surface area contributed by atoms with Crippen molar-refractivity contribution in [1.29, 1.82) is 0 Å². The third kappa shape index (κ3) is 3.47. The lowest BCUT2D eigenvalue weighted by atomic mass is 10.2. The van der Waals surface area contributed by atoms with Crippen LogP contribution in [0.15, 0.2) is 24.3 Å². The van der Waals surface area contributed by atoms with E-state index in [1.807, 2.05) is 0 Å². The molecule has 1 aromatic rings. The fourth-order valence-corrected chi connectivity index (χ4v) is 1.09. The number of alkyl halides is 3. The fraction of sp³-hybridized carbons (Fsp3) is 0.273. The van der Waals surface area contributed by atoms with Gasteiger partial charge in [-0.15, -0.1) is 0 Å². The van der Waals surface area contributed by atoms with Gasteiger partial charge in [-0.05, 0) is 19.1 Å². The molecule has 0 saturated carbocycles. The van der Waals surface area contributed by atoms with Crippen LogP contribution in [-0.4, -0.2) is 22.7 Å². The predicted molar refractivity (Wildman–Crippen MR) is 56.5 cm³/mol. The van der Waals surface area contributed by atoms with E-state index in [1.165, 1.54) is 6.08 Å². The van der Waals surface area contributed by atoms with Crippen molar-refractivity contribution >= 4 is 5.97 Å². The van der Waals surface area contributed by atoms with Crippen LogP contribution in [0.2, 0.25) is 0 Å². The van der Waals surface area contributed by atoms with Gasteiger partial charge in [0.1, 0.15) is 17.9 Å². The van der Waals surface area contributed by atoms with Crippen LogP contribution in [-0.2, 0) is 6.18 Å². The van der Waals surface area contributed by atoms with Crippen LogP contribution in [0.25, 0.3) is 0 Å². The SMILES string of the molecule is CC=CCOc1nc(C(F)(F)F)ccc1C(=O)O. The number of pyridine rings is 1. The number of hydrogen-bond donors (Lipinski definition) is 1. The normalized spacial score (nSPS) is 11.8. The lowest BCUT2D eigenvalue weighted by Gasteiger charge is -2.10. The van der Waals surface area contributed by atoms with Crippen LogP contribution in [0.1, 0.15) is 23.0 Å². The first-order valence-electron chi connectivity index (χ1n) is 4.91. The predicted octanol–water partition coefficient (Wildman–Crippen LogP) is 2.75. The number of aromatic carboxylic acids is 1. The second kappa shape index (κ2) is 5.52. The summed E-state index contributed by atoms with van der Waals surface area (Å²) < 4.78 is 42.1. The standard InChI is InChI=1S/C11H10F3NO3/c1-2-3-6-18-9-7(10(16)17)4-5-8(15-9)11(12,13)14/h2-5H,6H2,1H3,(H,16,17). The van der Waals surface area contributed by atoms with E-state index in [1.54, 1.807) is 13.0 Å². The van der Waals surface area contributed by atoms with E-state index >= 15 is 0 Å². The van der Waals surface area contributed by atoms with Crippen molar-refractivity contribution in [3.05, 3.63) is 35.5 Å². The van der Waals surface area contributed by atoms with Crippen LogP contribution in [0.4, 0.5) is 13.2 Å². The fourth-order valence-electron chi connectivity index (χ4n) is 1.09. The van der Waals surface area contributed by atoms with Gasteiger partial charge < -0.3 is 9.84 Å². The van der Waals surface area contributed by atoms with Gasteiger partial charge in [0.15, 0.2) is 0 Å². The average molecular weight is 261 g/mol. The van der Waals surface area contributed by atoms with E-state index in [4.69, 9.17) is 9.84 Å². The quantitative estimate of drug-likeness (QED) is 0.846. The number of nitrogens with zero attached hydrogens (tertiary/aromatic N) is 1. The minimum atomic E-state index is -4.64. The Morgan fingerprint density at radius 1 is 1.50 bits per heavy atom. The Morgan fingerprint density at radius 3 is 2.67 bits per heavy atom. The summed E-state index contributed by atoms with van der Waals surface area (Å²) in [6.45, 7) is 1.64. The first-order valence-corrected chi connectivity index (χ1v) is 4.91. The summed E-state index contributed by atoms with van der Waals surface area (Å²) in [4.78, 5) is 14.0. The Morgan fingerprint density at radius 2 is 2.17 bits per heavy atom. The third-order valence-electron chi connectivity index (χ3n) is 1.93. The molecule has 7 heteroatoms. The highest BCUT2D eigenvalue weighted by Gasteiger charge is 2.33. The lowest BCUT2D eigenvalue weighted by molar-refractivity contribution is -0.141. The van der Waals surface area contributed by atoms with Crippen molar-refractivity contribution in [3.8, 4) is 5.88 Å². The largest absolute Gasteiger partial charge is 0.477 e. The van der Waals surface area contributed by atoms with Gasteiger partial charge in [0.05, 0.1) is 0 Å². The highest BCUT2D eigenvalue weighted by molar-refractivity contribution is 5.90. The smallest absolute Gasteiger partial charge is 0.433 e. The molecule has 0 atom stereocenters. The maximum absolute atomic E-state index is 12.4. The number of hydrogen-bond acceptors (Lipinski definition) is 3. The van der Waals surface area contributed by atoms with Crippen molar-refractivity contribution in [3.63, 3.8) is 0 Å². The molecule has 0 aliphatic rings. The molecule has 0 saturated heterocycles. The van der Waals surface area contributed by atoms with E-state index < -0.39 is 29.3 Å². The zero-order chi connectivity index (χ0) is 13.8. The highest BCUT2D eigenvalue weighted by atomic mass is 19.4. The molecule has 0 aliphatic heterocycles. The van der Waals surface area contributed by atoms with E-state index in [-0.39, 0.29) is 6.61 Å². The summed E-state index contributed by atoms with van der Waals surface area (Å²) in [7, 11) is 0. The molecule has 0 unspecified atom stereocenters. The van der Waals surface area contributed by atoms with E-state index in [9.17, 15) is 18.0 Å². The number of ether oxygens (including phenoxy) is 1. The van der Waals surface area contributed by atoms with Gasteiger partial charge in [-0.25, -0.2) is 9.78 Å². The van der Waals surface area contributed by atoms with E-state index in [2.05, 4.69) is 4.98 Å². The molecule has 0 radical (unpaired) electrons. The van der Waals surface area contributed by atoms with Gasteiger partial charge in [-0.2, -0.15) is 13.2 Å². The molecule has 4 nitrogen and oxygen atoms in total. The number of aromatic nitrogens is 1. The minimum absolute atomic E-state index is 0.0505. The maximum atomic E-state index is 12.4. The van der Waals surface area contributed by atoms with Gasteiger partial charge in [0.25, 0.3) is 0 Å². The molecule has 98 valence electrons. The van der Waals surface area contributed by atoms with Gasteiger partial charge >= 0.3 is 12.1 Å². The Kier molecular flexibility index (Phi) is 4.30. The third-order valence-corrected chi connectivity index (χ3v) is 1.93. The van der Waals surface area contributed by atoms with Crippen molar-refractivity contribution in [2.24, 2.45) is 0 Å². The summed E-state index contributed by atoms with van der Waals surface area (Å²) in [5.74, 6) is -1.94. The molecular formula is C11H10F3NO3. The van der Waals surface area contributed by atoms with Crippen molar-refractivity contribution < 1.29 is 27.8 Å². The lowest BCUT2D eigenvalue weighted by Crippen LogP contribution is -2.12. The van der Waals surface area contributed by atoms with Gasteiger partial charge in [-0.3, -0.25) is 0 Å². The van der Waals surface area contributed by atoms with Crippen LogP contribution in [0, 0.1) is 0 Å². The zero-order valence-electron chi connectivity index (χ0n) is 9.36. The zero-order valence-corrected chi connectivity index (χ0v) is 9.36. The summed E-state index contributed by atoms with van der Waals surface area (Å²) in [6.07, 6.45) is -1.50. The van der Waals surface area contributed by atoms with Crippen LogP contribution < -0.4 is 4.74 Å². The van der Waals surface area contributed by atoms with Crippen LogP contribution in [0.3, 0.4) is 0 Å². The van der Waals surface area contributed by atoms with Gasteiger partial charge in [-0.1, -0.05) is 12.2 Å². The first kappa shape index (κ1) is 14.0. The molecule has 0 fully saturated rings. The topological polar surface area (TPSA) is 59.4 Å². The number of carboxylic acid groups (broad SMARTS) is 1. The molecule has 1 aromatic heterocycles. The number of rotatable bonds is 4. The average Bonchev–Trinajstić information content (AvgIpc) is 2.27. The summed E-state index contributed by atoms with van der Waals surface area (Å²) in [5, 5.41) is 8.80. The van der Waals surface area contributed by atoms with Crippen molar-refractivity contribution in [2.75, 3.05) is 6.61 Å².